The predicted octanol–water partition coefficient (Wildman–Crippen LogP) is 2.59. The SMILES string of the molecule is C=CC(=O)CCC#CCOCC#Cc1ccccc1. The summed E-state index contributed by atoms with van der Waals surface area (Å²) in [6.07, 6.45) is 2.28. The van der Waals surface area contributed by atoms with Gasteiger partial charge in [-0.1, -0.05) is 42.5 Å². The first-order chi connectivity index (χ1) is 9.33. The van der Waals surface area contributed by atoms with Gasteiger partial charge in [0.1, 0.15) is 13.2 Å². The maximum atomic E-state index is 10.9. The summed E-state index contributed by atoms with van der Waals surface area (Å²) >= 11 is 0. The first-order valence-corrected chi connectivity index (χ1v) is 6.05. The highest BCUT2D eigenvalue weighted by Crippen LogP contribution is 1.94. The summed E-state index contributed by atoms with van der Waals surface area (Å²) in [7, 11) is 0. The number of allylic oxidation sites excluding steroid dienone is 1. The Balaban J connectivity index is 2.12. The van der Waals surface area contributed by atoms with Crippen LogP contribution in [0.4, 0.5) is 0 Å². The lowest BCUT2D eigenvalue weighted by molar-refractivity contribution is -0.114. The fourth-order valence-corrected chi connectivity index (χ4v) is 1.24. The number of hydrogen-bond acceptors (Lipinski definition) is 2. The van der Waals surface area contributed by atoms with Crippen LogP contribution in [0.15, 0.2) is 43.0 Å². The Labute approximate surface area is 114 Å². The summed E-state index contributed by atoms with van der Waals surface area (Å²) in [5, 5.41) is 0. The van der Waals surface area contributed by atoms with Crippen molar-refractivity contribution in [2.45, 2.75) is 12.8 Å². The highest BCUT2D eigenvalue weighted by atomic mass is 16.5. The normalized spacial score (nSPS) is 8.63. The van der Waals surface area contributed by atoms with E-state index in [9.17, 15) is 4.79 Å². The molecule has 0 heterocycles. The van der Waals surface area contributed by atoms with Crippen molar-refractivity contribution in [3.8, 4) is 23.7 Å². The van der Waals surface area contributed by atoms with Gasteiger partial charge in [-0.25, -0.2) is 0 Å². The van der Waals surface area contributed by atoms with Crippen LogP contribution in [0.3, 0.4) is 0 Å². The number of carbonyl (C=O) groups is 1. The average molecular weight is 252 g/mol. The molecule has 0 saturated carbocycles. The Bertz CT molecular complexity index is 521. The minimum Gasteiger partial charge on any atom is -0.356 e. The van der Waals surface area contributed by atoms with E-state index < -0.39 is 0 Å². The quantitative estimate of drug-likeness (QED) is 0.457. The van der Waals surface area contributed by atoms with Gasteiger partial charge in [-0.3, -0.25) is 4.79 Å². The van der Waals surface area contributed by atoms with Gasteiger partial charge in [-0.15, -0.1) is 5.92 Å². The Morgan fingerprint density at radius 3 is 2.63 bits per heavy atom. The molecular formula is C17H16O2. The average Bonchev–Trinajstić information content (AvgIpc) is 2.46. The second kappa shape index (κ2) is 9.71. The first-order valence-electron chi connectivity index (χ1n) is 6.05. The molecule has 0 aromatic heterocycles. The van der Waals surface area contributed by atoms with Crippen molar-refractivity contribution < 1.29 is 9.53 Å². The zero-order valence-corrected chi connectivity index (χ0v) is 10.8. The smallest absolute Gasteiger partial charge is 0.156 e. The van der Waals surface area contributed by atoms with E-state index in [2.05, 4.69) is 30.3 Å². The second-order valence-electron chi connectivity index (χ2n) is 3.68. The topological polar surface area (TPSA) is 26.3 Å². The molecule has 0 amide bonds. The molecule has 0 spiro atoms. The molecule has 0 unspecified atom stereocenters. The summed E-state index contributed by atoms with van der Waals surface area (Å²) in [5.74, 6) is 11.6. The van der Waals surface area contributed by atoms with E-state index in [4.69, 9.17) is 4.74 Å². The Kier molecular flexibility index (Phi) is 7.55. The van der Waals surface area contributed by atoms with Crippen molar-refractivity contribution in [3.63, 3.8) is 0 Å². The maximum absolute atomic E-state index is 10.9. The van der Waals surface area contributed by atoms with E-state index in [1.807, 2.05) is 30.3 Å². The van der Waals surface area contributed by atoms with Crippen LogP contribution in [0, 0.1) is 23.7 Å². The molecule has 0 atom stereocenters. The zero-order valence-electron chi connectivity index (χ0n) is 10.8. The van der Waals surface area contributed by atoms with Gasteiger partial charge in [0.2, 0.25) is 0 Å². The lowest BCUT2D eigenvalue weighted by atomic mass is 10.2. The lowest BCUT2D eigenvalue weighted by Gasteiger charge is -1.91. The molecule has 0 saturated heterocycles. The predicted molar refractivity (Wildman–Crippen MR) is 76.4 cm³/mol. The number of hydrogen-bond donors (Lipinski definition) is 0. The van der Waals surface area contributed by atoms with Gasteiger partial charge in [-0.05, 0) is 18.2 Å². The third kappa shape index (κ3) is 7.60. The van der Waals surface area contributed by atoms with E-state index in [0.29, 0.717) is 26.1 Å². The molecular weight excluding hydrogens is 236 g/mol. The van der Waals surface area contributed by atoms with Crippen molar-refractivity contribution in [3.05, 3.63) is 48.6 Å². The van der Waals surface area contributed by atoms with E-state index in [1.54, 1.807) is 0 Å². The van der Waals surface area contributed by atoms with Crippen LogP contribution < -0.4 is 0 Å². The number of ketones is 1. The Morgan fingerprint density at radius 1 is 1.16 bits per heavy atom. The summed E-state index contributed by atoms with van der Waals surface area (Å²) in [5.41, 5.74) is 0.972. The van der Waals surface area contributed by atoms with Gasteiger partial charge in [-0.2, -0.15) is 0 Å². The minimum absolute atomic E-state index is 0.0175. The number of benzene rings is 1. The Hall–Kier alpha value is -2.29. The third-order valence-electron chi connectivity index (χ3n) is 2.20. The highest BCUT2D eigenvalue weighted by molar-refractivity contribution is 5.89. The van der Waals surface area contributed by atoms with Gasteiger partial charge < -0.3 is 4.74 Å². The summed E-state index contributed by atoms with van der Waals surface area (Å²) in [6.45, 7) is 4.09. The highest BCUT2D eigenvalue weighted by Gasteiger charge is 1.90. The van der Waals surface area contributed by atoms with Crippen LogP contribution in [0.1, 0.15) is 18.4 Å². The van der Waals surface area contributed by atoms with Crippen LogP contribution in [0.25, 0.3) is 0 Å². The number of carbonyl (C=O) groups excluding carboxylic acids is 1. The molecule has 0 aliphatic rings. The van der Waals surface area contributed by atoms with Crippen molar-refractivity contribution in [2.75, 3.05) is 13.2 Å². The second-order valence-corrected chi connectivity index (χ2v) is 3.68. The first kappa shape index (κ1) is 14.8. The van der Waals surface area contributed by atoms with E-state index in [0.717, 1.165) is 5.56 Å². The van der Waals surface area contributed by atoms with Crippen molar-refractivity contribution in [2.24, 2.45) is 0 Å². The molecule has 2 nitrogen and oxygen atoms in total. The molecule has 96 valence electrons. The lowest BCUT2D eigenvalue weighted by Crippen LogP contribution is -1.92. The third-order valence-corrected chi connectivity index (χ3v) is 2.20. The molecule has 0 fully saturated rings. The molecule has 0 N–H and O–H groups in total. The molecule has 1 aromatic rings. The molecule has 1 aromatic carbocycles. The number of ether oxygens (including phenoxy) is 1. The van der Waals surface area contributed by atoms with Crippen molar-refractivity contribution in [1.29, 1.82) is 0 Å². The van der Waals surface area contributed by atoms with Crippen LogP contribution in [0.5, 0.6) is 0 Å². The van der Waals surface area contributed by atoms with E-state index >= 15 is 0 Å². The van der Waals surface area contributed by atoms with Gasteiger partial charge >= 0.3 is 0 Å². The van der Waals surface area contributed by atoms with Crippen LogP contribution in [-0.4, -0.2) is 19.0 Å². The van der Waals surface area contributed by atoms with Crippen LogP contribution in [-0.2, 0) is 9.53 Å². The fraction of sp³-hybridized carbons (Fsp3) is 0.235. The van der Waals surface area contributed by atoms with E-state index in [-0.39, 0.29) is 5.78 Å². The van der Waals surface area contributed by atoms with Crippen molar-refractivity contribution >= 4 is 5.78 Å². The summed E-state index contributed by atoms with van der Waals surface area (Å²) in [4.78, 5) is 10.9. The van der Waals surface area contributed by atoms with E-state index in [1.165, 1.54) is 6.08 Å². The molecule has 19 heavy (non-hydrogen) atoms. The summed E-state index contributed by atoms with van der Waals surface area (Å²) < 4.78 is 5.24. The zero-order chi connectivity index (χ0) is 13.8. The molecule has 1 rings (SSSR count). The molecule has 2 heteroatoms. The monoisotopic (exact) mass is 252 g/mol. The largest absolute Gasteiger partial charge is 0.356 e. The Morgan fingerprint density at radius 2 is 1.89 bits per heavy atom. The van der Waals surface area contributed by atoms with Gasteiger partial charge in [0.15, 0.2) is 5.78 Å². The standard InChI is InChI=1S/C17H16O2/c1-2-17(18)13-7-4-8-14-19-15-9-12-16-10-5-3-6-11-16/h2-3,5-6,10-11H,1,7,13-15H2. The summed E-state index contributed by atoms with van der Waals surface area (Å²) in [6, 6.07) is 9.74. The molecule has 0 aliphatic heterocycles. The number of rotatable bonds is 5. The van der Waals surface area contributed by atoms with Crippen LogP contribution in [0.2, 0.25) is 0 Å². The van der Waals surface area contributed by atoms with Gasteiger partial charge in [0.25, 0.3) is 0 Å². The molecule has 0 radical (unpaired) electrons. The van der Waals surface area contributed by atoms with Crippen LogP contribution >= 0.6 is 0 Å². The van der Waals surface area contributed by atoms with Gasteiger partial charge in [0, 0.05) is 18.4 Å². The maximum Gasteiger partial charge on any atom is 0.156 e. The fourth-order valence-electron chi connectivity index (χ4n) is 1.24. The minimum atomic E-state index is 0.0175. The molecule has 0 bridgehead atoms. The van der Waals surface area contributed by atoms with Gasteiger partial charge in [0.05, 0.1) is 0 Å². The van der Waals surface area contributed by atoms with Crippen molar-refractivity contribution in [1.82, 2.24) is 0 Å². The molecule has 0 aliphatic carbocycles.